The molecule has 0 radical (unpaired) electrons. The van der Waals surface area contributed by atoms with E-state index in [0.29, 0.717) is 5.69 Å². The number of thiophene rings is 1. The number of aromatic nitrogens is 2. The SMILES string of the molecule is Cc1ccc(NC(=O)c2cc3n(n2)[C@@H](C(F)(F)F)C[C@@H](c2cccs2)N3)cc1C. The van der Waals surface area contributed by atoms with Crippen molar-refractivity contribution in [2.45, 2.75) is 38.5 Å². The van der Waals surface area contributed by atoms with Crippen LogP contribution in [0.2, 0.25) is 0 Å². The second-order valence-corrected chi connectivity index (χ2v) is 8.10. The molecule has 0 spiro atoms. The molecule has 0 saturated carbocycles. The largest absolute Gasteiger partial charge is 0.410 e. The zero-order chi connectivity index (χ0) is 20.8. The Morgan fingerprint density at radius 3 is 2.69 bits per heavy atom. The van der Waals surface area contributed by atoms with E-state index >= 15 is 0 Å². The van der Waals surface area contributed by atoms with E-state index in [-0.39, 0.29) is 17.9 Å². The highest BCUT2D eigenvalue weighted by molar-refractivity contribution is 7.10. The van der Waals surface area contributed by atoms with Crippen molar-refractivity contribution in [2.75, 3.05) is 10.6 Å². The molecule has 5 nitrogen and oxygen atoms in total. The third-order valence-electron chi connectivity index (χ3n) is 5.07. The molecule has 0 saturated heterocycles. The molecule has 3 aromatic rings. The van der Waals surface area contributed by atoms with Crippen LogP contribution in [0.15, 0.2) is 41.8 Å². The molecule has 152 valence electrons. The number of nitrogens with zero attached hydrogens (tertiary/aromatic N) is 2. The number of nitrogens with one attached hydrogen (secondary N) is 2. The number of anilines is 2. The van der Waals surface area contributed by atoms with Gasteiger partial charge in [0.05, 0.1) is 6.04 Å². The second-order valence-electron chi connectivity index (χ2n) is 7.12. The molecule has 2 atom stereocenters. The first-order valence-electron chi connectivity index (χ1n) is 9.07. The Morgan fingerprint density at radius 2 is 2.03 bits per heavy atom. The average molecular weight is 420 g/mol. The average Bonchev–Trinajstić information content (AvgIpc) is 3.32. The smallest absolute Gasteiger partial charge is 0.363 e. The molecule has 3 heterocycles. The summed E-state index contributed by atoms with van der Waals surface area (Å²) in [4.78, 5) is 13.4. The number of hydrogen-bond acceptors (Lipinski definition) is 4. The van der Waals surface area contributed by atoms with Gasteiger partial charge in [0.2, 0.25) is 0 Å². The Bertz CT molecular complexity index is 1040. The monoisotopic (exact) mass is 420 g/mol. The molecular formula is C20H19F3N4OS. The summed E-state index contributed by atoms with van der Waals surface area (Å²) >= 11 is 1.40. The van der Waals surface area contributed by atoms with Gasteiger partial charge in [-0.05, 0) is 48.6 Å². The maximum absolute atomic E-state index is 13.7. The van der Waals surface area contributed by atoms with Crippen molar-refractivity contribution < 1.29 is 18.0 Å². The van der Waals surface area contributed by atoms with E-state index in [1.807, 2.05) is 31.4 Å². The molecule has 1 aliphatic heterocycles. The highest BCUT2D eigenvalue weighted by Crippen LogP contribution is 2.44. The summed E-state index contributed by atoms with van der Waals surface area (Å²) < 4.78 is 41.9. The standard InChI is InChI=1S/C20H19F3N4OS/c1-11-5-6-13(8-12(11)2)24-19(28)15-10-18-25-14(16-4-3-7-29-16)9-17(20(21,22)23)27(18)26-15/h3-8,10,14,17,25H,9H2,1-2H3,(H,24,28)/t14-,17+/m0/s1. The molecule has 2 aromatic heterocycles. The van der Waals surface area contributed by atoms with Crippen molar-refractivity contribution in [1.29, 1.82) is 0 Å². The van der Waals surface area contributed by atoms with Crippen molar-refractivity contribution in [3.8, 4) is 0 Å². The van der Waals surface area contributed by atoms with Gasteiger partial charge in [-0.15, -0.1) is 11.3 Å². The third-order valence-corrected chi connectivity index (χ3v) is 6.06. The molecule has 0 aliphatic carbocycles. The molecule has 9 heteroatoms. The lowest BCUT2D eigenvalue weighted by Crippen LogP contribution is -2.35. The number of amides is 1. The molecule has 1 aromatic carbocycles. The lowest BCUT2D eigenvalue weighted by Gasteiger charge is -2.32. The second kappa shape index (κ2) is 7.22. The highest BCUT2D eigenvalue weighted by Gasteiger charge is 2.47. The van der Waals surface area contributed by atoms with Gasteiger partial charge in [-0.2, -0.15) is 18.3 Å². The van der Waals surface area contributed by atoms with E-state index in [9.17, 15) is 18.0 Å². The predicted octanol–water partition coefficient (Wildman–Crippen LogP) is 5.47. The van der Waals surface area contributed by atoms with E-state index in [2.05, 4.69) is 15.7 Å². The Balaban J connectivity index is 1.63. The molecule has 0 unspecified atom stereocenters. The van der Waals surface area contributed by atoms with Gasteiger partial charge in [0.15, 0.2) is 11.7 Å². The van der Waals surface area contributed by atoms with Crippen molar-refractivity contribution in [2.24, 2.45) is 0 Å². The maximum atomic E-state index is 13.7. The van der Waals surface area contributed by atoms with Crippen LogP contribution in [-0.2, 0) is 0 Å². The van der Waals surface area contributed by atoms with Gasteiger partial charge < -0.3 is 10.6 Å². The third kappa shape index (κ3) is 3.87. The van der Waals surface area contributed by atoms with Crippen molar-refractivity contribution in [3.63, 3.8) is 0 Å². The predicted molar refractivity (Wildman–Crippen MR) is 106 cm³/mol. The van der Waals surface area contributed by atoms with Gasteiger partial charge in [0.1, 0.15) is 5.82 Å². The summed E-state index contributed by atoms with van der Waals surface area (Å²) in [5, 5.41) is 11.6. The van der Waals surface area contributed by atoms with Crippen LogP contribution in [0.1, 0.15) is 45.0 Å². The van der Waals surface area contributed by atoms with Gasteiger partial charge in [0.25, 0.3) is 5.91 Å². The number of halogens is 3. The van der Waals surface area contributed by atoms with Crippen molar-refractivity contribution >= 4 is 28.7 Å². The van der Waals surface area contributed by atoms with Crippen LogP contribution in [0.4, 0.5) is 24.7 Å². The summed E-state index contributed by atoms with van der Waals surface area (Å²) in [5.74, 6) is -0.368. The number of hydrogen-bond donors (Lipinski definition) is 2. The van der Waals surface area contributed by atoms with Gasteiger partial charge in [-0.25, -0.2) is 4.68 Å². The zero-order valence-electron chi connectivity index (χ0n) is 15.7. The van der Waals surface area contributed by atoms with E-state index in [0.717, 1.165) is 20.7 Å². The number of carbonyl (C=O) groups excluding carboxylic acids is 1. The van der Waals surface area contributed by atoms with E-state index in [4.69, 9.17) is 0 Å². The van der Waals surface area contributed by atoms with Gasteiger partial charge >= 0.3 is 6.18 Å². The zero-order valence-corrected chi connectivity index (χ0v) is 16.6. The van der Waals surface area contributed by atoms with E-state index < -0.39 is 24.2 Å². The number of carbonyl (C=O) groups is 1. The first kappa shape index (κ1) is 19.5. The van der Waals surface area contributed by atoms with Crippen LogP contribution < -0.4 is 10.6 Å². The Morgan fingerprint density at radius 1 is 1.24 bits per heavy atom. The molecule has 1 aliphatic rings. The number of fused-ring (bicyclic) bond motifs is 1. The summed E-state index contributed by atoms with van der Waals surface area (Å²) in [7, 11) is 0. The minimum atomic E-state index is -4.47. The molecule has 0 bridgehead atoms. The van der Waals surface area contributed by atoms with Crippen molar-refractivity contribution in [3.05, 3.63) is 63.5 Å². The first-order valence-corrected chi connectivity index (χ1v) is 9.95. The van der Waals surface area contributed by atoms with E-state index in [1.165, 1.54) is 17.4 Å². The number of rotatable bonds is 3. The van der Waals surface area contributed by atoms with Crippen LogP contribution in [-0.4, -0.2) is 21.9 Å². The number of alkyl halides is 3. The summed E-state index contributed by atoms with van der Waals surface area (Å²) in [6.45, 7) is 3.88. The molecular weight excluding hydrogens is 401 g/mol. The Kier molecular flexibility index (Phi) is 4.85. The van der Waals surface area contributed by atoms with Crippen LogP contribution in [0.5, 0.6) is 0 Å². The maximum Gasteiger partial charge on any atom is 0.410 e. The molecule has 2 N–H and O–H groups in total. The Hall–Kier alpha value is -2.81. The minimum Gasteiger partial charge on any atom is -0.363 e. The molecule has 1 amide bonds. The highest BCUT2D eigenvalue weighted by atomic mass is 32.1. The Labute approximate surface area is 169 Å². The normalized spacial score (nSPS) is 18.8. The fraction of sp³-hybridized carbons (Fsp3) is 0.300. The van der Waals surface area contributed by atoms with E-state index in [1.54, 1.807) is 18.2 Å². The summed E-state index contributed by atoms with van der Waals surface area (Å²) in [6, 6.07) is 8.13. The van der Waals surface area contributed by atoms with Gasteiger partial charge in [0, 0.05) is 23.1 Å². The minimum absolute atomic E-state index is 0.0631. The van der Waals surface area contributed by atoms with Crippen LogP contribution in [0.3, 0.4) is 0 Å². The lowest BCUT2D eigenvalue weighted by atomic mass is 10.0. The number of benzene rings is 1. The first-order chi connectivity index (χ1) is 13.7. The van der Waals surface area contributed by atoms with Gasteiger partial charge in [-0.3, -0.25) is 4.79 Å². The summed E-state index contributed by atoms with van der Waals surface area (Å²) in [5.41, 5.74) is 2.59. The van der Waals surface area contributed by atoms with Crippen LogP contribution in [0.25, 0.3) is 0 Å². The van der Waals surface area contributed by atoms with Crippen LogP contribution >= 0.6 is 11.3 Å². The molecule has 4 rings (SSSR count). The fourth-order valence-corrected chi connectivity index (χ4v) is 4.17. The topological polar surface area (TPSA) is 59.0 Å². The van der Waals surface area contributed by atoms with Crippen molar-refractivity contribution in [1.82, 2.24) is 9.78 Å². The lowest BCUT2D eigenvalue weighted by molar-refractivity contribution is -0.173. The number of aryl methyl sites for hydroxylation is 2. The quantitative estimate of drug-likeness (QED) is 0.590. The molecule has 0 fully saturated rings. The summed E-state index contributed by atoms with van der Waals surface area (Å²) in [6.07, 6.45) is -4.66. The van der Waals surface area contributed by atoms with Crippen LogP contribution in [0, 0.1) is 13.8 Å². The van der Waals surface area contributed by atoms with Gasteiger partial charge in [-0.1, -0.05) is 12.1 Å². The molecule has 29 heavy (non-hydrogen) atoms. The fourth-order valence-electron chi connectivity index (χ4n) is 3.37.